The van der Waals surface area contributed by atoms with Gasteiger partial charge in [0.1, 0.15) is 6.04 Å². The Bertz CT molecular complexity index is 524. The van der Waals surface area contributed by atoms with Crippen molar-refractivity contribution in [2.75, 3.05) is 11.4 Å². The highest BCUT2D eigenvalue weighted by Crippen LogP contribution is 2.21. The van der Waals surface area contributed by atoms with Gasteiger partial charge in [0.25, 0.3) is 5.56 Å². The Labute approximate surface area is 105 Å². The Hall–Kier alpha value is -1.85. The molecule has 0 saturated carbocycles. The molecule has 98 valence electrons. The molecule has 1 aromatic rings. The highest BCUT2D eigenvalue weighted by molar-refractivity contribution is 5.77. The van der Waals surface area contributed by atoms with Crippen molar-refractivity contribution in [1.82, 2.24) is 9.97 Å². The molecular weight excluding hydrogens is 234 g/mol. The maximum atomic E-state index is 11.7. The van der Waals surface area contributed by atoms with Gasteiger partial charge in [-0.25, -0.2) is 9.78 Å². The van der Waals surface area contributed by atoms with Crippen LogP contribution in [0, 0.1) is 13.8 Å². The third kappa shape index (κ3) is 2.23. The smallest absolute Gasteiger partial charge is 0.326 e. The first-order chi connectivity index (χ1) is 8.50. The van der Waals surface area contributed by atoms with Gasteiger partial charge >= 0.3 is 5.97 Å². The first kappa shape index (κ1) is 12.6. The summed E-state index contributed by atoms with van der Waals surface area (Å²) in [5.74, 6) is -0.495. The lowest BCUT2D eigenvalue weighted by Crippen LogP contribution is -2.46. The topological polar surface area (TPSA) is 86.3 Å². The number of aromatic nitrogens is 2. The zero-order valence-electron chi connectivity index (χ0n) is 10.6. The Morgan fingerprint density at radius 3 is 2.78 bits per heavy atom. The minimum Gasteiger partial charge on any atom is -0.480 e. The molecule has 1 atom stereocenters. The second-order valence-corrected chi connectivity index (χ2v) is 4.64. The van der Waals surface area contributed by atoms with Crippen LogP contribution in [-0.4, -0.2) is 33.6 Å². The van der Waals surface area contributed by atoms with E-state index in [9.17, 15) is 14.7 Å². The van der Waals surface area contributed by atoms with E-state index >= 15 is 0 Å². The number of hydrogen-bond donors (Lipinski definition) is 2. The van der Waals surface area contributed by atoms with Crippen molar-refractivity contribution >= 4 is 11.9 Å². The van der Waals surface area contributed by atoms with E-state index in [1.807, 2.05) is 0 Å². The summed E-state index contributed by atoms with van der Waals surface area (Å²) < 4.78 is 0. The Morgan fingerprint density at radius 1 is 1.44 bits per heavy atom. The molecule has 6 nitrogen and oxygen atoms in total. The molecule has 6 heteroatoms. The van der Waals surface area contributed by atoms with Crippen LogP contribution >= 0.6 is 0 Å². The van der Waals surface area contributed by atoms with Gasteiger partial charge in [0.2, 0.25) is 5.95 Å². The predicted octanol–water partition coefficient (Wildman–Crippen LogP) is 0.830. The van der Waals surface area contributed by atoms with Gasteiger partial charge in [0.05, 0.1) is 0 Å². The second kappa shape index (κ2) is 4.80. The summed E-state index contributed by atoms with van der Waals surface area (Å²) in [7, 11) is 0. The molecule has 2 rings (SSSR count). The van der Waals surface area contributed by atoms with Gasteiger partial charge < -0.3 is 10.0 Å². The van der Waals surface area contributed by atoms with Gasteiger partial charge in [-0.3, -0.25) is 9.78 Å². The van der Waals surface area contributed by atoms with Crippen LogP contribution in [0.4, 0.5) is 5.95 Å². The van der Waals surface area contributed by atoms with Crippen LogP contribution < -0.4 is 10.5 Å². The predicted molar refractivity (Wildman–Crippen MR) is 67.0 cm³/mol. The highest BCUT2D eigenvalue weighted by atomic mass is 16.4. The minimum atomic E-state index is -0.865. The lowest BCUT2D eigenvalue weighted by atomic mass is 10.0. The molecule has 2 heterocycles. The standard InChI is InChI=1S/C12H17N3O3/c1-7-8(2)13-12(14-10(7)16)15-6-4-3-5-9(15)11(17)18/h9H,3-6H2,1-2H3,(H,17,18)(H,13,14,16). The number of anilines is 1. The van der Waals surface area contributed by atoms with Crippen LogP contribution in [0.3, 0.4) is 0 Å². The van der Waals surface area contributed by atoms with Gasteiger partial charge in [-0.2, -0.15) is 0 Å². The molecule has 0 amide bonds. The summed E-state index contributed by atoms with van der Waals surface area (Å²) in [4.78, 5) is 31.6. The molecule has 0 radical (unpaired) electrons. The first-order valence-corrected chi connectivity index (χ1v) is 6.07. The monoisotopic (exact) mass is 251 g/mol. The van der Waals surface area contributed by atoms with Gasteiger partial charge in [0.15, 0.2) is 0 Å². The summed E-state index contributed by atoms with van der Waals surface area (Å²) in [6.07, 6.45) is 2.40. The maximum absolute atomic E-state index is 11.7. The van der Waals surface area contributed by atoms with Crippen LogP contribution in [-0.2, 0) is 4.79 Å². The van der Waals surface area contributed by atoms with E-state index < -0.39 is 12.0 Å². The quantitative estimate of drug-likeness (QED) is 0.813. The number of H-pyrrole nitrogens is 1. The summed E-state index contributed by atoms with van der Waals surface area (Å²) in [6, 6.07) is -0.594. The number of aryl methyl sites for hydroxylation is 1. The lowest BCUT2D eigenvalue weighted by molar-refractivity contribution is -0.139. The maximum Gasteiger partial charge on any atom is 0.326 e. The third-order valence-electron chi connectivity index (χ3n) is 3.44. The van der Waals surface area contributed by atoms with Crippen molar-refractivity contribution in [1.29, 1.82) is 0 Å². The molecule has 1 aromatic heterocycles. The van der Waals surface area contributed by atoms with Gasteiger partial charge in [0, 0.05) is 17.8 Å². The van der Waals surface area contributed by atoms with Crippen LogP contribution in [0.15, 0.2) is 4.79 Å². The fraction of sp³-hybridized carbons (Fsp3) is 0.583. The number of carbonyl (C=O) groups is 1. The molecule has 1 saturated heterocycles. The molecule has 1 aliphatic heterocycles. The number of carboxylic acid groups (broad SMARTS) is 1. The number of piperidine rings is 1. The van der Waals surface area contributed by atoms with Gasteiger partial charge in [-0.1, -0.05) is 0 Å². The average Bonchev–Trinajstić information content (AvgIpc) is 2.35. The SMILES string of the molecule is Cc1nc(N2CCCCC2C(=O)O)[nH]c(=O)c1C. The molecule has 0 spiro atoms. The normalized spacial score (nSPS) is 19.9. The number of nitrogens with zero attached hydrogens (tertiary/aromatic N) is 2. The molecule has 0 bridgehead atoms. The fourth-order valence-corrected chi connectivity index (χ4v) is 2.21. The zero-order valence-corrected chi connectivity index (χ0v) is 10.6. The van der Waals surface area contributed by atoms with Crippen molar-refractivity contribution in [3.63, 3.8) is 0 Å². The van der Waals surface area contributed by atoms with Crippen molar-refractivity contribution < 1.29 is 9.90 Å². The average molecular weight is 251 g/mol. The van der Waals surface area contributed by atoms with E-state index in [-0.39, 0.29) is 5.56 Å². The third-order valence-corrected chi connectivity index (χ3v) is 3.44. The van der Waals surface area contributed by atoms with Crippen molar-refractivity contribution in [2.45, 2.75) is 39.2 Å². The molecular formula is C12H17N3O3. The molecule has 1 unspecified atom stereocenters. The van der Waals surface area contributed by atoms with Gasteiger partial charge in [-0.15, -0.1) is 0 Å². The van der Waals surface area contributed by atoms with E-state index in [2.05, 4.69) is 9.97 Å². The molecule has 0 aromatic carbocycles. The number of rotatable bonds is 2. The Kier molecular flexibility index (Phi) is 3.36. The fourth-order valence-electron chi connectivity index (χ4n) is 2.21. The summed E-state index contributed by atoms with van der Waals surface area (Å²) >= 11 is 0. The van der Waals surface area contributed by atoms with Crippen LogP contribution in [0.1, 0.15) is 30.5 Å². The van der Waals surface area contributed by atoms with Crippen LogP contribution in [0.2, 0.25) is 0 Å². The second-order valence-electron chi connectivity index (χ2n) is 4.64. The van der Waals surface area contributed by atoms with Crippen LogP contribution in [0.25, 0.3) is 0 Å². The van der Waals surface area contributed by atoms with Crippen molar-refractivity contribution in [2.24, 2.45) is 0 Å². The number of nitrogens with one attached hydrogen (secondary N) is 1. The zero-order chi connectivity index (χ0) is 13.3. The number of carboxylic acids is 1. The first-order valence-electron chi connectivity index (χ1n) is 6.07. The van der Waals surface area contributed by atoms with Crippen molar-refractivity contribution in [3.8, 4) is 0 Å². The van der Waals surface area contributed by atoms with Crippen LogP contribution in [0.5, 0.6) is 0 Å². The minimum absolute atomic E-state index is 0.202. The largest absolute Gasteiger partial charge is 0.480 e. The molecule has 1 fully saturated rings. The Balaban J connectivity index is 2.40. The molecule has 18 heavy (non-hydrogen) atoms. The highest BCUT2D eigenvalue weighted by Gasteiger charge is 2.30. The molecule has 2 N–H and O–H groups in total. The molecule has 0 aliphatic carbocycles. The van der Waals surface area contributed by atoms with E-state index in [4.69, 9.17) is 0 Å². The Morgan fingerprint density at radius 2 is 2.17 bits per heavy atom. The summed E-state index contributed by atoms with van der Waals surface area (Å²) in [5.41, 5.74) is 1.01. The van der Waals surface area contributed by atoms with E-state index in [0.29, 0.717) is 30.2 Å². The van der Waals surface area contributed by atoms with Crippen molar-refractivity contribution in [3.05, 3.63) is 21.6 Å². The van der Waals surface area contributed by atoms with E-state index in [1.165, 1.54) is 0 Å². The number of hydrogen-bond acceptors (Lipinski definition) is 4. The summed E-state index contributed by atoms with van der Waals surface area (Å²) in [6.45, 7) is 4.08. The van der Waals surface area contributed by atoms with E-state index in [1.54, 1.807) is 18.7 Å². The number of aliphatic carboxylic acids is 1. The number of aromatic amines is 1. The lowest BCUT2D eigenvalue weighted by Gasteiger charge is -2.33. The van der Waals surface area contributed by atoms with Gasteiger partial charge in [-0.05, 0) is 33.1 Å². The molecule has 1 aliphatic rings. The summed E-state index contributed by atoms with van der Waals surface area (Å²) in [5, 5.41) is 9.20. The van der Waals surface area contributed by atoms with E-state index in [0.717, 1.165) is 12.8 Å².